The van der Waals surface area contributed by atoms with Gasteiger partial charge in [-0.2, -0.15) is 0 Å². The molecular formula is C15H27NO3. The quantitative estimate of drug-likeness (QED) is 0.801. The molecule has 0 heterocycles. The van der Waals surface area contributed by atoms with Gasteiger partial charge < -0.3 is 10.1 Å². The molecule has 1 aliphatic carbocycles. The number of hydrogen-bond acceptors (Lipinski definition) is 3. The molecule has 0 radical (unpaired) electrons. The molecule has 0 unspecified atom stereocenters. The van der Waals surface area contributed by atoms with Crippen molar-refractivity contribution in [3.05, 3.63) is 0 Å². The van der Waals surface area contributed by atoms with E-state index >= 15 is 0 Å². The van der Waals surface area contributed by atoms with Crippen molar-refractivity contribution in [2.24, 2.45) is 11.8 Å². The van der Waals surface area contributed by atoms with E-state index in [1.165, 1.54) is 0 Å². The topological polar surface area (TPSA) is 55.4 Å². The third kappa shape index (κ3) is 5.62. The molecule has 0 aliphatic heterocycles. The SMILES string of the molecule is CC1CCC(C(=O)N[C@@H](C)C(=O)OC(C)(C)C)CC1. The van der Waals surface area contributed by atoms with Gasteiger partial charge in [0.2, 0.25) is 5.91 Å². The van der Waals surface area contributed by atoms with E-state index in [0.29, 0.717) is 5.92 Å². The molecule has 4 nitrogen and oxygen atoms in total. The van der Waals surface area contributed by atoms with Gasteiger partial charge in [-0.1, -0.05) is 6.92 Å². The molecule has 0 aromatic heterocycles. The minimum absolute atomic E-state index is 0.00902. The standard InChI is InChI=1S/C15H27NO3/c1-10-6-8-12(9-7-10)13(17)16-11(2)14(18)19-15(3,4)5/h10-12H,6-9H2,1-5H3,(H,16,17)/t10?,11-,12?/m0/s1. The molecule has 0 aromatic carbocycles. The second-order valence-electron chi connectivity index (χ2n) is 6.72. The Labute approximate surface area is 116 Å². The van der Waals surface area contributed by atoms with Crippen molar-refractivity contribution in [3.63, 3.8) is 0 Å². The number of carbonyl (C=O) groups excluding carboxylic acids is 2. The highest BCUT2D eigenvalue weighted by Gasteiger charge is 2.28. The zero-order chi connectivity index (χ0) is 14.6. The van der Waals surface area contributed by atoms with E-state index in [9.17, 15) is 9.59 Å². The van der Waals surface area contributed by atoms with Crippen molar-refractivity contribution in [2.75, 3.05) is 0 Å². The normalized spacial score (nSPS) is 25.5. The predicted octanol–water partition coefficient (Wildman–Crippen LogP) is 2.66. The summed E-state index contributed by atoms with van der Waals surface area (Å²) in [6, 6.07) is -0.578. The second-order valence-corrected chi connectivity index (χ2v) is 6.72. The Balaban J connectivity index is 2.41. The van der Waals surface area contributed by atoms with Gasteiger partial charge in [0.25, 0.3) is 0 Å². The van der Waals surface area contributed by atoms with Crippen LogP contribution in [0.4, 0.5) is 0 Å². The van der Waals surface area contributed by atoms with Crippen LogP contribution in [0.1, 0.15) is 60.3 Å². The second kappa shape index (κ2) is 6.40. The fourth-order valence-electron chi connectivity index (χ4n) is 2.30. The van der Waals surface area contributed by atoms with Crippen LogP contribution in [0.25, 0.3) is 0 Å². The summed E-state index contributed by atoms with van der Waals surface area (Å²) < 4.78 is 5.25. The molecule has 1 rings (SSSR count). The first-order valence-corrected chi connectivity index (χ1v) is 7.22. The molecule has 19 heavy (non-hydrogen) atoms. The van der Waals surface area contributed by atoms with E-state index < -0.39 is 11.6 Å². The number of amides is 1. The molecule has 1 aliphatic rings. The van der Waals surface area contributed by atoms with Gasteiger partial charge in [-0.15, -0.1) is 0 Å². The summed E-state index contributed by atoms with van der Waals surface area (Å²) in [5, 5.41) is 2.77. The van der Waals surface area contributed by atoms with Crippen molar-refractivity contribution >= 4 is 11.9 Å². The van der Waals surface area contributed by atoms with Crippen LogP contribution < -0.4 is 5.32 Å². The minimum atomic E-state index is -0.578. The lowest BCUT2D eigenvalue weighted by atomic mass is 9.82. The summed E-state index contributed by atoms with van der Waals surface area (Å²) in [6.07, 6.45) is 4.04. The van der Waals surface area contributed by atoms with Crippen molar-refractivity contribution in [2.45, 2.75) is 71.9 Å². The highest BCUT2D eigenvalue weighted by Crippen LogP contribution is 2.28. The lowest BCUT2D eigenvalue weighted by Gasteiger charge is -2.27. The van der Waals surface area contributed by atoms with Crippen LogP contribution in [0.15, 0.2) is 0 Å². The number of rotatable bonds is 3. The molecule has 0 bridgehead atoms. The van der Waals surface area contributed by atoms with E-state index in [1.807, 2.05) is 20.8 Å². The largest absolute Gasteiger partial charge is 0.458 e. The zero-order valence-electron chi connectivity index (χ0n) is 12.8. The Morgan fingerprint density at radius 2 is 1.68 bits per heavy atom. The molecule has 1 saturated carbocycles. The summed E-state index contributed by atoms with van der Waals surface area (Å²) in [4.78, 5) is 23.9. The van der Waals surface area contributed by atoms with E-state index in [0.717, 1.165) is 25.7 Å². The Hall–Kier alpha value is -1.06. The number of esters is 1. The maximum absolute atomic E-state index is 12.1. The number of nitrogens with one attached hydrogen (secondary N) is 1. The molecule has 1 amide bonds. The van der Waals surface area contributed by atoms with E-state index in [-0.39, 0.29) is 17.8 Å². The van der Waals surface area contributed by atoms with Crippen LogP contribution >= 0.6 is 0 Å². The molecule has 1 N–H and O–H groups in total. The van der Waals surface area contributed by atoms with Gasteiger partial charge in [0, 0.05) is 5.92 Å². The number of carbonyl (C=O) groups is 2. The van der Waals surface area contributed by atoms with Crippen molar-refractivity contribution in [1.82, 2.24) is 5.32 Å². The lowest BCUT2D eigenvalue weighted by molar-refractivity contribution is -0.158. The van der Waals surface area contributed by atoms with Gasteiger partial charge in [0.1, 0.15) is 11.6 Å². The van der Waals surface area contributed by atoms with Crippen LogP contribution in [0.5, 0.6) is 0 Å². The minimum Gasteiger partial charge on any atom is -0.458 e. The first-order valence-electron chi connectivity index (χ1n) is 7.22. The van der Waals surface area contributed by atoms with E-state index in [1.54, 1.807) is 6.92 Å². The summed E-state index contributed by atoms with van der Waals surface area (Å²) in [6.45, 7) is 9.36. The monoisotopic (exact) mass is 269 g/mol. The van der Waals surface area contributed by atoms with Crippen LogP contribution in [0.3, 0.4) is 0 Å². The van der Waals surface area contributed by atoms with Crippen LogP contribution in [0, 0.1) is 11.8 Å². The predicted molar refractivity (Wildman–Crippen MR) is 74.6 cm³/mol. The van der Waals surface area contributed by atoms with Gasteiger partial charge in [-0.25, -0.2) is 4.79 Å². The molecule has 0 spiro atoms. The van der Waals surface area contributed by atoms with E-state index in [4.69, 9.17) is 4.74 Å². The summed E-state index contributed by atoms with van der Waals surface area (Å²) in [5.41, 5.74) is -0.518. The van der Waals surface area contributed by atoms with Crippen LogP contribution in [-0.2, 0) is 14.3 Å². The van der Waals surface area contributed by atoms with Crippen LogP contribution in [-0.4, -0.2) is 23.5 Å². The number of ether oxygens (including phenoxy) is 1. The Morgan fingerprint density at radius 1 is 1.16 bits per heavy atom. The Bertz CT molecular complexity index is 325. The average Bonchev–Trinajstić information content (AvgIpc) is 2.27. The lowest BCUT2D eigenvalue weighted by Crippen LogP contribution is -2.45. The first kappa shape index (κ1) is 16.0. The summed E-state index contributed by atoms with van der Waals surface area (Å²) in [7, 11) is 0. The Morgan fingerprint density at radius 3 is 2.16 bits per heavy atom. The molecule has 110 valence electrons. The summed E-state index contributed by atoms with van der Waals surface area (Å²) >= 11 is 0. The third-order valence-corrected chi connectivity index (χ3v) is 3.51. The highest BCUT2D eigenvalue weighted by molar-refractivity contribution is 5.85. The van der Waals surface area contributed by atoms with Gasteiger partial charge >= 0.3 is 5.97 Å². The average molecular weight is 269 g/mol. The number of hydrogen-bond donors (Lipinski definition) is 1. The first-order chi connectivity index (χ1) is 8.69. The van der Waals surface area contributed by atoms with Crippen molar-refractivity contribution in [1.29, 1.82) is 0 Å². The maximum Gasteiger partial charge on any atom is 0.328 e. The van der Waals surface area contributed by atoms with Gasteiger partial charge in [-0.3, -0.25) is 4.79 Å². The Kier molecular flexibility index (Phi) is 5.39. The molecule has 1 atom stereocenters. The molecule has 0 aromatic rings. The third-order valence-electron chi connectivity index (χ3n) is 3.51. The van der Waals surface area contributed by atoms with Crippen molar-refractivity contribution in [3.8, 4) is 0 Å². The van der Waals surface area contributed by atoms with Crippen LogP contribution in [0.2, 0.25) is 0 Å². The van der Waals surface area contributed by atoms with Gasteiger partial charge in [0.05, 0.1) is 0 Å². The van der Waals surface area contributed by atoms with Crippen molar-refractivity contribution < 1.29 is 14.3 Å². The van der Waals surface area contributed by atoms with Gasteiger partial charge in [0.15, 0.2) is 0 Å². The molecule has 1 fully saturated rings. The molecule has 4 heteroatoms. The highest BCUT2D eigenvalue weighted by atomic mass is 16.6. The zero-order valence-corrected chi connectivity index (χ0v) is 12.8. The summed E-state index contributed by atoms with van der Waals surface area (Å²) in [5.74, 6) is 0.392. The molecule has 0 saturated heterocycles. The van der Waals surface area contributed by atoms with E-state index in [2.05, 4.69) is 12.2 Å². The smallest absolute Gasteiger partial charge is 0.328 e. The molecular weight excluding hydrogens is 242 g/mol. The maximum atomic E-state index is 12.1. The fourth-order valence-corrected chi connectivity index (χ4v) is 2.30. The van der Waals surface area contributed by atoms with Gasteiger partial charge in [-0.05, 0) is 59.3 Å². The fraction of sp³-hybridized carbons (Fsp3) is 0.867.